The van der Waals surface area contributed by atoms with Gasteiger partial charge in [0.05, 0.1) is 7.11 Å². The van der Waals surface area contributed by atoms with Crippen LogP contribution in [-0.4, -0.2) is 7.11 Å². The van der Waals surface area contributed by atoms with E-state index in [1.165, 1.54) is 6.07 Å². The van der Waals surface area contributed by atoms with Gasteiger partial charge in [-0.2, -0.15) is 0 Å². The molecule has 0 saturated carbocycles. The van der Waals surface area contributed by atoms with Gasteiger partial charge in [0.25, 0.3) is 0 Å². The maximum Gasteiger partial charge on any atom is 0.336 e. The van der Waals surface area contributed by atoms with Gasteiger partial charge in [-0.1, -0.05) is 6.92 Å². The minimum Gasteiger partial charge on any atom is -0.496 e. The predicted octanol–water partition coefficient (Wildman–Crippen LogP) is 2.36. The Morgan fingerprint density at radius 3 is 2.80 bits per heavy atom. The van der Waals surface area contributed by atoms with E-state index in [2.05, 4.69) is 6.92 Å². The average molecular weight is 204 g/mol. The summed E-state index contributed by atoms with van der Waals surface area (Å²) in [6, 6.07) is 6.93. The van der Waals surface area contributed by atoms with Crippen molar-refractivity contribution < 1.29 is 9.15 Å². The zero-order valence-electron chi connectivity index (χ0n) is 8.74. The van der Waals surface area contributed by atoms with Gasteiger partial charge in [0.15, 0.2) is 0 Å². The van der Waals surface area contributed by atoms with Gasteiger partial charge < -0.3 is 9.15 Å². The standard InChI is InChI=1S/C12H12O3/c1-3-8-6-9-4-5-12(13)15-11(9)7-10(8)14-2/h4-7H,3H2,1-2H3. The number of rotatable bonds is 2. The van der Waals surface area contributed by atoms with Crippen molar-refractivity contribution >= 4 is 11.0 Å². The van der Waals surface area contributed by atoms with Crippen LogP contribution in [0.15, 0.2) is 33.5 Å². The molecule has 0 unspecified atom stereocenters. The van der Waals surface area contributed by atoms with Crippen LogP contribution >= 0.6 is 0 Å². The van der Waals surface area contributed by atoms with Gasteiger partial charge in [-0.25, -0.2) is 4.79 Å². The fourth-order valence-corrected chi connectivity index (χ4v) is 1.61. The number of hydrogen-bond donors (Lipinski definition) is 0. The van der Waals surface area contributed by atoms with Crippen LogP contribution in [0.3, 0.4) is 0 Å². The normalized spacial score (nSPS) is 10.5. The Kier molecular flexibility index (Phi) is 2.46. The molecule has 0 N–H and O–H groups in total. The molecule has 0 fully saturated rings. The predicted molar refractivity (Wildman–Crippen MR) is 58.4 cm³/mol. The number of benzene rings is 1. The van der Waals surface area contributed by atoms with Crippen LogP contribution in [-0.2, 0) is 6.42 Å². The fraction of sp³-hybridized carbons (Fsp3) is 0.250. The SMILES string of the molecule is CCc1cc2ccc(=O)oc2cc1OC. The van der Waals surface area contributed by atoms with E-state index in [-0.39, 0.29) is 5.63 Å². The third kappa shape index (κ3) is 1.73. The molecule has 2 aromatic rings. The molecule has 0 amide bonds. The Labute approximate surface area is 87.3 Å². The molecular formula is C12H12O3. The third-order valence-corrected chi connectivity index (χ3v) is 2.40. The molecule has 0 atom stereocenters. The van der Waals surface area contributed by atoms with Gasteiger partial charge in [-0.05, 0) is 24.1 Å². The molecule has 2 rings (SSSR count). The van der Waals surface area contributed by atoms with E-state index in [1.807, 2.05) is 6.07 Å². The van der Waals surface area contributed by atoms with Crippen molar-refractivity contribution in [1.82, 2.24) is 0 Å². The molecule has 3 heteroatoms. The summed E-state index contributed by atoms with van der Waals surface area (Å²) in [5.74, 6) is 0.763. The Bertz CT molecular complexity index is 540. The summed E-state index contributed by atoms with van der Waals surface area (Å²) in [7, 11) is 1.61. The highest BCUT2D eigenvalue weighted by Crippen LogP contribution is 2.25. The van der Waals surface area contributed by atoms with E-state index in [9.17, 15) is 4.79 Å². The molecule has 1 aromatic heterocycles. The van der Waals surface area contributed by atoms with Crippen molar-refractivity contribution in [2.75, 3.05) is 7.11 Å². The molecule has 0 aliphatic carbocycles. The number of aryl methyl sites for hydroxylation is 1. The Morgan fingerprint density at radius 1 is 1.33 bits per heavy atom. The lowest BCUT2D eigenvalue weighted by Crippen LogP contribution is -1.96. The van der Waals surface area contributed by atoms with Crippen LogP contribution in [0.4, 0.5) is 0 Å². The van der Waals surface area contributed by atoms with E-state index in [1.54, 1.807) is 19.2 Å². The second-order valence-corrected chi connectivity index (χ2v) is 3.31. The number of hydrogen-bond acceptors (Lipinski definition) is 3. The van der Waals surface area contributed by atoms with Gasteiger partial charge in [-0.15, -0.1) is 0 Å². The summed E-state index contributed by atoms with van der Waals surface area (Å²) >= 11 is 0. The maximum atomic E-state index is 11.0. The molecule has 15 heavy (non-hydrogen) atoms. The lowest BCUT2D eigenvalue weighted by molar-refractivity contribution is 0.409. The summed E-state index contributed by atoms with van der Waals surface area (Å²) in [6.07, 6.45) is 0.887. The van der Waals surface area contributed by atoms with Crippen LogP contribution in [0.1, 0.15) is 12.5 Å². The van der Waals surface area contributed by atoms with Gasteiger partial charge in [-0.3, -0.25) is 0 Å². The molecule has 0 aliphatic rings. The average Bonchev–Trinajstić information content (AvgIpc) is 2.27. The topological polar surface area (TPSA) is 39.4 Å². The Balaban J connectivity index is 2.75. The lowest BCUT2D eigenvalue weighted by atomic mass is 10.1. The Morgan fingerprint density at radius 2 is 2.13 bits per heavy atom. The van der Waals surface area contributed by atoms with E-state index in [0.29, 0.717) is 5.58 Å². The fourth-order valence-electron chi connectivity index (χ4n) is 1.61. The first-order chi connectivity index (χ1) is 7.24. The number of fused-ring (bicyclic) bond motifs is 1. The number of methoxy groups -OCH3 is 1. The van der Waals surface area contributed by atoms with Gasteiger partial charge in [0.1, 0.15) is 11.3 Å². The lowest BCUT2D eigenvalue weighted by Gasteiger charge is -2.07. The van der Waals surface area contributed by atoms with Gasteiger partial charge in [0.2, 0.25) is 0 Å². The summed E-state index contributed by atoms with van der Waals surface area (Å²) in [6.45, 7) is 2.06. The summed E-state index contributed by atoms with van der Waals surface area (Å²) in [5.41, 5.74) is 1.34. The van der Waals surface area contributed by atoms with Crippen molar-refractivity contribution in [1.29, 1.82) is 0 Å². The summed E-state index contributed by atoms with van der Waals surface area (Å²) < 4.78 is 10.3. The van der Waals surface area contributed by atoms with E-state index < -0.39 is 0 Å². The summed E-state index contributed by atoms with van der Waals surface area (Å²) in [5, 5.41) is 0.923. The highest BCUT2D eigenvalue weighted by Gasteiger charge is 2.05. The first-order valence-corrected chi connectivity index (χ1v) is 4.85. The molecule has 78 valence electrons. The second kappa shape index (κ2) is 3.77. The van der Waals surface area contributed by atoms with Crippen LogP contribution < -0.4 is 10.4 Å². The first kappa shape index (κ1) is 9.77. The highest BCUT2D eigenvalue weighted by atomic mass is 16.5. The van der Waals surface area contributed by atoms with Crippen LogP contribution in [0.25, 0.3) is 11.0 Å². The van der Waals surface area contributed by atoms with Gasteiger partial charge >= 0.3 is 5.63 Å². The monoisotopic (exact) mass is 204 g/mol. The van der Waals surface area contributed by atoms with Crippen LogP contribution in [0, 0.1) is 0 Å². The molecule has 0 radical (unpaired) electrons. The molecule has 0 aliphatic heterocycles. The minimum atomic E-state index is -0.339. The van der Waals surface area contributed by atoms with Crippen LogP contribution in [0.2, 0.25) is 0 Å². The molecule has 0 spiro atoms. The molecule has 1 heterocycles. The third-order valence-electron chi connectivity index (χ3n) is 2.40. The van der Waals surface area contributed by atoms with Crippen molar-refractivity contribution in [2.24, 2.45) is 0 Å². The van der Waals surface area contributed by atoms with E-state index >= 15 is 0 Å². The maximum absolute atomic E-state index is 11.0. The number of ether oxygens (including phenoxy) is 1. The van der Waals surface area contributed by atoms with Crippen molar-refractivity contribution in [3.05, 3.63) is 40.2 Å². The highest BCUT2D eigenvalue weighted by molar-refractivity contribution is 5.79. The van der Waals surface area contributed by atoms with Gasteiger partial charge in [0, 0.05) is 17.5 Å². The van der Waals surface area contributed by atoms with E-state index in [0.717, 1.165) is 23.1 Å². The van der Waals surface area contributed by atoms with Crippen LogP contribution in [0.5, 0.6) is 5.75 Å². The zero-order valence-corrected chi connectivity index (χ0v) is 8.74. The molecule has 3 nitrogen and oxygen atoms in total. The molecule has 0 bridgehead atoms. The quantitative estimate of drug-likeness (QED) is 0.705. The van der Waals surface area contributed by atoms with Crippen molar-refractivity contribution in [2.45, 2.75) is 13.3 Å². The molecular weight excluding hydrogens is 192 g/mol. The Hall–Kier alpha value is -1.77. The second-order valence-electron chi connectivity index (χ2n) is 3.31. The minimum absolute atomic E-state index is 0.339. The largest absolute Gasteiger partial charge is 0.496 e. The molecule has 1 aromatic carbocycles. The van der Waals surface area contributed by atoms with E-state index in [4.69, 9.17) is 9.15 Å². The smallest absolute Gasteiger partial charge is 0.336 e. The first-order valence-electron chi connectivity index (χ1n) is 4.85. The van der Waals surface area contributed by atoms with Crippen molar-refractivity contribution in [3.8, 4) is 5.75 Å². The summed E-state index contributed by atoms with van der Waals surface area (Å²) in [4.78, 5) is 11.0. The zero-order chi connectivity index (χ0) is 10.8. The molecule has 0 saturated heterocycles. The van der Waals surface area contributed by atoms with Crippen molar-refractivity contribution in [3.63, 3.8) is 0 Å².